The highest BCUT2D eigenvalue weighted by atomic mass is 19.1. The Bertz CT molecular complexity index is 577. The van der Waals surface area contributed by atoms with Crippen LogP contribution in [0.3, 0.4) is 0 Å². The average Bonchev–Trinajstić information content (AvgIpc) is 2.33. The van der Waals surface area contributed by atoms with Gasteiger partial charge in [0, 0.05) is 12.5 Å². The van der Waals surface area contributed by atoms with Crippen molar-refractivity contribution in [3.8, 4) is 5.75 Å². The molecule has 100 valence electrons. The summed E-state index contributed by atoms with van der Waals surface area (Å²) < 4.78 is 26.4. The van der Waals surface area contributed by atoms with Gasteiger partial charge in [0.25, 0.3) is 0 Å². The van der Waals surface area contributed by atoms with E-state index in [1.165, 1.54) is 18.2 Å². The Kier molecular flexibility index (Phi) is 3.53. The molecule has 0 heterocycles. The van der Waals surface area contributed by atoms with E-state index >= 15 is 0 Å². The molecule has 0 spiro atoms. The molecule has 2 rings (SSSR count). The molecule has 0 saturated heterocycles. The van der Waals surface area contributed by atoms with Gasteiger partial charge in [0.05, 0.1) is 5.60 Å². The first-order valence-electron chi connectivity index (χ1n) is 5.84. The minimum atomic E-state index is -1.30. The zero-order valence-electron chi connectivity index (χ0n) is 10.4. The molecule has 0 saturated carbocycles. The summed E-state index contributed by atoms with van der Waals surface area (Å²) in [5.41, 5.74) is -0.514. The number of phenols is 1. The smallest absolute Gasteiger partial charge is 0.129 e. The topological polar surface area (TPSA) is 40.5 Å². The quantitative estimate of drug-likeness (QED) is 0.894. The second-order valence-electron chi connectivity index (χ2n) is 4.73. The van der Waals surface area contributed by atoms with Crippen molar-refractivity contribution in [1.82, 2.24) is 0 Å². The first kappa shape index (κ1) is 13.5. The molecule has 0 aromatic heterocycles. The summed E-state index contributed by atoms with van der Waals surface area (Å²) in [6.45, 7) is 1.54. The molecule has 2 aromatic rings. The third kappa shape index (κ3) is 3.09. The van der Waals surface area contributed by atoms with Crippen LogP contribution in [0.5, 0.6) is 5.75 Å². The van der Waals surface area contributed by atoms with Crippen LogP contribution in [0, 0.1) is 11.6 Å². The lowest BCUT2D eigenvalue weighted by atomic mass is 9.89. The van der Waals surface area contributed by atoms with E-state index in [2.05, 4.69) is 0 Å². The van der Waals surface area contributed by atoms with Gasteiger partial charge in [0.2, 0.25) is 0 Å². The number of benzene rings is 2. The van der Waals surface area contributed by atoms with E-state index in [0.717, 1.165) is 12.1 Å². The highest BCUT2D eigenvalue weighted by molar-refractivity contribution is 5.31. The van der Waals surface area contributed by atoms with Gasteiger partial charge in [-0.05, 0) is 36.2 Å². The van der Waals surface area contributed by atoms with Crippen LogP contribution >= 0.6 is 0 Å². The normalized spacial score (nSPS) is 14.1. The Labute approximate surface area is 110 Å². The minimum absolute atomic E-state index is 0.0177. The highest BCUT2D eigenvalue weighted by Gasteiger charge is 2.25. The first-order chi connectivity index (χ1) is 8.88. The maximum absolute atomic E-state index is 13.6. The van der Waals surface area contributed by atoms with Crippen molar-refractivity contribution >= 4 is 0 Å². The summed E-state index contributed by atoms with van der Waals surface area (Å²) in [5.74, 6) is -1.24. The first-order valence-corrected chi connectivity index (χ1v) is 5.84. The van der Waals surface area contributed by atoms with Crippen LogP contribution in [0.1, 0.15) is 18.1 Å². The Morgan fingerprint density at radius 2 is 1.68 bits per heavy atom. The third-order valence-corrected chi connectivity index (χ3v) is 3.04. The fraction of sp³-hybridized carbons (Fsp3) is 0.200. The van der Waals surface area contributed by atoms with E-state index in [-0.39, 0.29) is 17.7 Å². The lowest BCUT2D eigenvalue weighted by Crippen LogP contribution is -2.24. The zero-order valence-corrected chi connectivity index (χ0v) is 10.4. The fourth-order valence-corrected chi connectivity index (χ4v) is 1.96. The van der Waals surface area contributed by atoms with Gasteiger partial charge >= 0.3 is 0 Å². The molecule has 2 nitrogen and oxygen atoms in total. The molecule has 2 aromatic carbocycles. The van der Waals surface area contributed by atoms with Crippen molar-refractivity contribution in [3.63, 3.8) is 0 Å². The molecule has 0 aliphatic heterocycles. The predicted octanol–water partition coefficient (Wildman–Crippen LogP) is 3.12. The minimum Gasteiger partial charge on any atom is -0.508 e. The Balaban J connectivity index is 2.27. The van der Waals surface area contributed by atoms with E-state index < -0.39 is 17.2 Å². The van der Waals surface area contributed by atoms with Gasteiger partial charge in [-0.25, -0.2) is 8.78 Å². The molecule has 0 amide bonds. The molecule has 0 aliphatic carbocycles. The van der Waals surface area contributed by atoms with Gasteiger partial charge in [-0.2, -0.15) is 0 Å². The van der Waals surface area contributed by atoms with E-state index in [4.69, 9.17) is 0 Å². The molecule has 0 aliphatic rings. The Morgan fingerprint density at radius 1 is 1.05 bits per heavy atom. The van der Waals surface area contributed by atoms with Crippen LogP contribution in [0.25, 0.3) is 0 Å². The number of aromatic hydroxyl groups is 1. The molecule has 1 atom stereocenters. The number of phenolic OH excluding ortho intramolecular Hbond substituents is 1. The largest absolute Gasteiger partial charge is 0.508 e. The summed E-state index contributed by atoms with van der Waals surface area (Å²) in [7, 11) is 0. The van der Waals surface area contributed by atoms with Crippen molar-refractivity contribution in [1.29, 1.82) is 0 Å². The van der Waals surface area contributed by atoms with E-state index in [1.54, 1.807) is 19.1 Å². The van der Waals surface area contributed by atoms with Crippen LogP contribution < -0.4 is 0 Å². The summed E-state index contributed by atoms with van der Waals surface area (Å²) in [6.07, 6.45) is 0.0177. The molecular weight excluding hydrogens is 250 g/mol. The van der Waals surface area contributed by atoms with Crippen LogP contribution in [-0.2, 0) is 12.0 Å². The van der Waals surface area contributed by atoms with Crippen molar-refractivity contribution in [2.45, 2.75) is 18.9 Å². The summed E-state index contributed by atoms with van der Waals surface area (Å²) in [5, 5.41) is 19.6. The molecule has 0 bridgehead atoms. The van der Waals surface area contributed by atoms with E-state index in [1.807, 2.05) is 0 Å². The average molecular weight is 264 g/mol. The highest BCUT2D eigenvalue weighted by Crippen LogP contribution is 2.27. The van der Waals surface area contributed by atoms with Crippen molar-refractivity contribution in [2.75, 3.05) is 0 Å². The van der Waals surface area contributed by atoms with Crippen molar-refractivity contribution < 1.29 is 19.0 Å². The van der Waals surface area contributed by atoms with Crippen molar-refractivity contribution in [3.05, 3.63) is 65.2 Å². The maximum atomic E-state index is 13.6. The molecule has 0 radical (unpaired) electrons. The van der Waals surface area contributed by atoms with Crippen molar-refractivity contribution in [2.24, 2.45) is 0 Å². The third-order valence-electron chi connectivity index (χ3n) is 3.04. The number of hydrogen-bond acceptors (Lipinski definition) is 2. The summed E-state index contributed by atoms with van der Waals surface area (Å²) in [4.78, 5) is 0. The molecule has 4 heteroatoms. The van der Waals surface area contributed by atoms with Gasteiger partial charge < -0.3 is 10.2 Å². The standard InChI is InChI=1S/C15H14F2O2/c1-15(19,11-3-6-13(18)7-4-11)9-10-2-5-12(16)8-14(10)17/h2-8,18-19H,9H2,1H3. The number of hydrogen-bond donors (Lipinski definition) is 2. The second-order valence-corrected chi connectivity index (χ2v) is 4.73. The van der Waals surface area contributed by atoms with Crippen LogP contribution in [0.15, 0.2) is 42.5 Å². The monoisotopic (exact) mass is 264 g/mol. The number of halogens is 2. The maximum Gasteiger partial charge on any atom is 0.129 e. The lowest BCUT2D eigenvalue weighted by Gasteiger charge is -2.24. The molecule has 0 fully saturated rings. The number of aliphatic hydroxyl groups is 1. The molecule has 1 unspecified atom stereocenters. The Morgan fingerprint density at radius 3 is 2.26 bits per heavy atom. The molecular formula is C15H14F2O2. The van der Waals surface area contributed by atoms with E-state index in [9.17, 15) is 19.0 Å². The van der Waals surface area contributed by atoms with Gasteiger partial charge in [-0.3, -0.25) is 0 Å². The van der Waals surface area contributed by atoms with Gasteiger partial charge in [-0.1, -0.05) is 18.2 Å². The predicted molar refractivity (Wildman–Crippen MR) is 67.7 cm³/mol. The van der Waals surface area contributed by atoms with Crippen LogP contribution in [-0.4, -0.2) is 10.2 Å². The van der Waals surface area contributed by atoms with Gasteiger partial charge in [-0.15, -0.1) is 0 Å². The van der Waals surface area contributed by atoms with Gasteiger partial charge in [0.1, 0.15) is 17.4 Å². The van der Waals surface area contributed by atoms with Gasteiger partial charge in [0.15, 0.2) is 0 Å². The van der Waals surface area contributed by atoms with E-state index in [0.29, 0.717) is 5.56 Å². The summed E-state index contributed by atoms with van der Waals surface area (Å²) in [6, 6.07) is 9.30. The fourth-order valence-electron chi connectivity index (χ4n) is 1.96. The lowest BCUT2D eigenvalue weighted by molar-refractivity contribution is 0.0566. The SMILES string of the molecule is CC(O)(Cc1ccc(F)cc1F)c1ccc(O)cc1. The Hall–Kier alpha value is -1.94. The molecule has 2 N–H and O–H groups in total. The molecule has 19 heavy (non-hydrogen) atoms. The van der Waals surface area contributed by atoms with Crippen LogP contribution in [0.4, 0.5) is 8.78 Å². The second kappa shape index (κ2) is 4.97. The number of rotatable bonds is 3. The van der Waals surface area contributed by atoms with Crippen LogP contribution in [0.2, 0.25) is 0 Å². The summed E-state index contributed by atoms with van der Waals surface area (Å²) >= 11 is 0. The zero-order chi connectivity index (χ0) is 14.0.